The minimum atomic E-state index is -4.48. The van der Waals surface area contributed by atoms with Gasteiger partial charge in [0.15, 0.2) is 0 Å². The summed E-state index contributed by atoms with van der Waals surface area (Å²) in [7, 11) is 1.98. The van der Waals surface area contributed by atoms with Crippen LogP contribution in [0, 0.1) is 0 Å². The lowest BCUT2D eigenvalue weighted by atomic mass is 9.81. The van der Waals surface area contributed by atoms with Gasteiger partial charge in [0.1, 0.15) is 5.60 Å². The Kier molecular flexibility index (Phi) is 3.06. The third-order valence-corrected chi connectivity index (χ3v) is 4.69. The Hall–Kier alpha value is -1.14. The Labute approximate surface area is 115 Å². The number of fused-ring (bicyclic) bond motifs is 2. The van der Waals surface area contributed by atoms with E-state index in [0.717, 1.165) is 18.9 Å². The van der Waals surface area contributed by atoms with Crippen molar-refractivity contribution in [2.75, 3.05) is 7.05 Å². The summed E-state index contributed by atoms with van der Waals surface area (Å²) in [5.74, 6) is 0. The van der Waals surface area contributed by atoms with E-state index in [1.165, 1.54) is 12.3 Å². The molecule has 2 unspecified atom stereocenters. The van der Waals surface area contributed by atoms with Crippen molar-refractivity contribution in [2.24, 2.45) is 0 Å². The Morgan fingerprint density at radius 2 is 1.90 bits per heavy atom. The zero-order chi connectivity index (χ0) is 14.5. The molecule has 0 amide bonds. The summed E-state index contributed by atoms with van der Waals surface area (Å²) in [6.45, 7) is 0. The first kappa shape index (κ1) is 13.8. The molecular formula is C14H17F3N2O. The van der Waals surface area contributed by atoms with Gasteiger partial charge in [0, 0.05) is 18.3 Å². The number of hydrogen-bond donors (Lipinski definition) is 1. The monoisotopic (exact) mass is 286 g/mol. The number of rotatable bonds is 1. The molecule has 1 N–H and O–H groups in total. The number of halogens is 3. The largest absolute Gasteiger partial charge is 0.418 e. The standard InChI is InChI=1S/C14H17F3N2O/c1-19-9-4-5-10(19)8-13(20,7-9)12-11(14(15,16)17)3-2-6-18-12/h2-3,6,9-10,20H,4-5,7-8H2,1H3. The van der Waals surface area contributed by atoms with Gasteiger partial charge in [-0.05, 0) is 44.9 Å². The number of piperidine rings is 1. The molecule has 2 aliphatic heterocycles. The van der Waals surface area contributed by atoms with Crippen LogP contribution < -0.4 is 0 Å². The number of pyridine rings is 1. The minimum absolute atomic E-state index is 0.141. The first-order chi connectivity index (χ1) is 9.31. The lowest BCUT2D eigenvalue weighted by Gasteiger charge is -2.42. The number of aliphatic hydroxyl groups is 1. The van der Waals surface area contributed by atoms with Gasteiger partial charge in [-0.15, -0.1) is 0 Å². The van der Waals surface area contributed by atoms with Crippen molar-refractivity contribution in [1.29, 1.82) is 0 Å². The molecular weight excluding hydrogens is 269 g/mol. The third-order valence-electron chi connectivity index (χ3n) is 4.69. The smallest absolute Gasteiger partial charge is 0.383 e. The fourth-order valence-corrected chi connectivity index (χ4v) is 3.64. The molecule has 2 bridgehead atoms. The highest BCUT2D eigenvalue weighted by Gasteiger charge is 2.50. The van der Waals surface area contributed by atoms with E-state index in [9.17, 15) is 18.3 Å². The molecule has 1 aromatic rings. The predicted octanol–water partition coefficient (Wildman–Crippen LogP) is 2.54. The van der Waals surface area contributed by atoms with Crippen molar-refractivity contribution >= 4 is 0 Å². The van der Waals surface area contributed by atoms with Crippen molar-refractivity contribution in [2.45, 2.75) is 49.5 Å². The van der Waals surface area contributed by atoms with Gasteiger partial charge >= 0.3 is 6.18 Å². The van der Waals surface area contributed by atoms with Crippen molar-refractivity contribution in [3.8, 4) is 0 Å². The zero-order valence-corrected chi connectivity index (χ0v) is 11.2. The maximum absolute atomic E-state index is 13.1. The predicted molar refractivity (Wildman–Crippen MR) is 66.9 cm³/mol. The Morgan fingerprint density at radius 3 is 2.45 bits per heavy atom. The van der Waals surface area contributed by atoms with Crippen LogP contribution in [-0.4, -0.2) is 34.1 Å². The second kappa shape index (κ2) is 4.43. The van der Waals surface area contributed by atoms with Gasteiger partial charge in [0.2, 0.25) is 0 Å². The lowest BCUT2D eigenvalue weighted by Crippen LogP contribution is -2.48. The summed E-state index contributed by atoms with van der Waals surface area (Å²) < 4.78 is 39.3. The molecule has 2 atom stereocenters. The molecule has 2 saturated heterocycles. The lowest BCUT2D eigenvalue weighted by molar-refractivity contribution is -0.143. The van der Waals surface area contributed by atoms with E-state index < -0.39 is 17.3 Å². The van der Waals surface area contributed by atoms with Crippen LogP contribution in [0.2, 0.25) is 0 Å². The van der Waals surface area contributed by atoms with Gasteiger partial charge in [-0.25, -0.2) is 0 Å². The summed E-state index contributed by atoms with van der Waals surface area (Å²) in [4.78, 5) is 6.05. The van der Waals surface area contributed by atoms with E-state index in [1.54, 1.807) is 0 Å². The molecule has 0 saturated carbocycles. The van der Waals surface area contributed by atoms with Gasteiger partial charge in [-0.1, -0.05) is 0 Å². The highest BCUT2D eigenvalue weighted by atomic mass is 19.4. The maximum Gasteiger partial charge on any atom is 0.418 e. The molecule has 0 aliphatic carbocycles. The van der Waals surface area contributed by atoms with E-state index in [1.807, 2.05) is 7.05 Å². The van der Waals surface area contributed by atoms with E-state index in [2.05, 4.69) is 9.88 Å². The third kappa shape index (κ3) is 2.11. The number of hydrogen-bond acceptors (Lipinski definition) is 3. The van der Waals surface area contributed by atoms with Gasteiger partial charge in [0.05, 0.1) is 11.3 Å². The van der Waals surface area contributed by atoms with Gasteiger partial charge in [-0.3, -0.25) is 4.98 Å². The highest BCUT2D eigenvalue weighted by molar-refractivity contribution is 5.30. The van der Waals surface area contributed by atoms with Crippen molar-refractivity contribution in [3.05, 3.63) is 29.6 Å². The van der Waals surface area contributed by atoms with E-state index >= 15 is 0 Å². The van der Waals surface area contributed by atoms with Gasteiger partial charge in [-0.2, -0.15) is 13.2 Å². The van der Waals surface area contributed by atoms with Crippen LogP contribution >= 0.6 is 0 Å². The normalized spacial score (nSPS) is 34.5. The molecule has 0 aromatic carbocycles. The quantitative estimate of drug-likeness (QED) is 0.862. The number of aromatic nitrogens is 1. The Balaban J connectivity index is 2.01. The first-order valence-corrected chi connectivity index (χ1v) is 6.78. The summed E-state index contributed by atoms with van der Waals surface area (Å²) in [5.41, 5.74) is -2.49. The molecule has 0 radical (unpaired) electrons. The van der Waals surface area contributed by atoms with Gasteiger partial charge < -0.3 is 10.0 Å². The highest BCUT2D eigenvalue weighted by Crippen LogP contribution is 2.47. The fraction of sp³-hybridized carbons (Fsp3) is 0.643. The second-order valence-electron chi connectivity index (χ2n) is 5.89. The van der Waals surface area contributed by atoms with Crippen LogP contribution in [0.25, 0.3) is 0 Å². The minimum Gasteiger partial charge on any atom is -0.383 e. The maximum atomic E-state index is 13.1. The van der Waals surface area contributed by atoms with Crippen molar-refractivity contribution in [3.63, 3.8) is 0 Å². The molecule has 6 heteroatoms. The topological polar surface area (TPSA) is 36.4 Å². The molecule has 3 nitrogen and oxygen atoms in total. The summed E-state index contributed by atoms with van der Waals surface area (Å²) in [6, 6.07) is 2.54. The average molecular weight is 286 g/mol. The van der Waals surface area contributed by atoms with Crippen LogP contribution in [0.4, 0.5) is 13.2 Å². The molecule has 0 spiro atoms. The van der Waals surface area contributed by atoms with E-state index in [0.29, 0.717) is 12.8 Å². The molecule has 1 aromatic heterocycles. The zero-order valence-electron chi connectivity index (χ0n) is 11.2. The number of nitrogens with zero attached hydrogens (tertiary/aromatic N) is 2. The van der Waals surface area contributed by atoms with E-state index in [4.69, 9.17) is 0 Å². The summed E-state index contributed by atoms with van der Waals surface area (Å²) >= 11 is 0. The molecule has 2 fully saturated rings. The van der Waals surface area contributed by atoms with Crippen molar-refractivity contribution < 1.29 is 18.3 Å². The molecule has 3 rings (SSSR count). The molecule has 2 aliphatic rings. The Morgan fingerprint density at radius 1 is 1.30 bits per heavy atom. The van der Waals surface area contributed by atoms with Crippen LogP contribution in [0.15, 0.2) is 18.3 Å². The number of alkyl halides is 3. The van der Waals surface area contributed by atoms with Gasteiger partial charge in [0.25, 0.3) is 0 Å². The average Bonchev–Trinajstić information content (AvgIpc) is 2.62. The molecule has 20 heavy (non-hydrogen) atoms. The van der Waals surface area contributed by atoms with Crippen LogP contribution in [0.1, 0.15) is 36.9 Å². The SMILES string of the molecule is CN1C2CCC1CC(O)(c1ncccc1C(F)(F)F)C2. The second-order valence-corrected chi connectivity index (χ2v) is 5.89. The molecule has 110 valence electrons. The van der Waals surface area contributed by atoms with Crippen molar-refractivity contribution in [1.82, 2.24) is 9.88 Å². The van der Waals surface area contributed by atoms with E-state index in [-0.39, 0.29) is 17.8 Å². The summed E-state index contributed by atoms with van der Waals surface area (Å²) in [6.07, 6.45) is -0.667. The van der Waals surface area contributed by atoms with Crippen LogP contribution in [0.5, 0.6) is 0 Å². The first-order valence-electron chi connectivity index (χ1n) is 6.78. The molecule has 3 heterocycles. The fourth-order valence-electron chi connectivity index (χ4n) is 3.64. The van der Waals surface area contributed by atoms with Crippen LogP contribution in [0.3, 0.4) is 0 Å². The van der Waals surface area contributed by atoms with Crippen LogP contribution in [-0.2, 0) is 11.8 Å². The summed E-state index contributed by atoms with van der Waals surface area (Å²) in [5, 5.41) is 10.8. The Bertz CT molecular complexity index is 503.